The van der Waals surface area contributed by atoms with Crippen LogP contribution in [0.1, 0.15) is 25.7 Å². The maximum atomic E-state index is 12.6. The number of fused-ring (bicyclic) bond motifs is 1. The van der Waals surface area contributed by atoms with Gasteiger partial charge in [0.25, 0.3) is 0 Å². The lowest BCUT2D eigenvalue weighted by Gasteiger charge is -2.27. The minimum atomic E-state index is 0.0110. The molecule has 0 N–H and O–H groups in total. The van der Waals surface area contributed by atoms with Crippen LogP contribution in [-0.2, 0) is 18.4 Å². The van der Waals surface area contributed by atoms with Crippen LogP contribution < -0.4 is 10.4 Å². The van der Waals surface area contributed by atoms with Gasteiger partial charge in [-0.2, -0.15) is 0 Å². The van der Waals surface area contributed by atoms with Crippen LogP contribution in [0.2, 0.25) is 0 Å². The van der Waals surface area contributed by atoms with Crippen LogP contribution in [-0.4, -0.2) is 27.4 Å². The molecule has 0 bridgehead atoms. The molecule has 0 aliphatic heterocycles. The van der Waals surface area contributed by atoms with Gasteiger partial charge in [-0.1, -0.05) is 15.9 Å². The van der Waals surface area contributed by atoms with Gasteiger partial charge in [0, 0.05) is 25.6 Å². The van der Waals surface area contributed by atoms with Crippen molar-refractivity contribution >= 4 is 32.7 Å². The monoisotopic (exact) mass is 394 g/mol. The number of imidazole rings is 1. The fraction of sp³-hybridized carbons (Fsp3) is 0.556. The first-order chi connectivity index (χ1) is 11.5. The molecule has 5 nitrogen and oxygen atoms in total. The first kappa shape index (κ1) is 17.3. The van der Waals surface area contributed by atoms with Crippen LogP contribution in [0.5, 0.6) is 5.75 Å². The number of nitrogens with zero attached hydrogens (tertiary/aromatic N) is 2. The molecule has 1 aromatic carbocycles. The number of aryl methyl sites for hydroxylation is 1. The molecule has 0 atom stereocenters. The Kier molecular flexibility index (Phi) is 5.13. The van der Waals surface area contributed by atoms with Crippen molar-refractivity contribution in [2.24, 2.45) is 18.9 Å². The van der Waals surface area contributed by atoms with Gasteiger partial charge in [-0.25, -0.2) is 4.79 Å². The third-order valence-electron chi connectivity index (χ3n) is 5.23. The molecule has 3 rings (SSSR count). The lowest BCUT2D eigenvalue weighted by atomic mass is 9.80. The number of carbonyl (C=O) groups is 1. The predicted octanol–water partition coefficient (Wildman–Crippen LogP) is 3.12. The Hall–Kier alpha value is -1.56. The number of hydrogen-bond donors (Lipinski definition) is 0. The van der Waals surface area contributed by atoms with Crippen molar-refractivity contribution in [2.45, 2.75) is 32.2 Å². The Morgan fingerprint density at radius 3 is 2.58 bits per heavy atom. The number of carbonyl (C=O) groups excluding carboxylic acids is 1. The summed E-state index contributed by atoms with van der Waals surface area (Å²) < 4.78 is 8.85. The minimum absolute atomic E-state index is 0.0110. The zero-order valence-electron chi connectivity index (χ0n) is 14.1. The molecule has 1 aliphatic rings. The van der Waals surface area contributed by atoms with E-state index in [0.29, 0.717) is 23.6 Å². The highest BCUT2D eigenvalue weighted by molar-refractivity contribution is 9.09. The molecule has 1 saturated carbocycles. The molecule has 0 saturated heterocycles. The summed E-state index contributed by atoms with van der Waals surface area (Å²) in [7, 11) is 3.44. The number of methoxy groups -OCH3 is 1. The van der Waals surface area contributed by atoms with Crippen molar-refractivity contribution in [1.82, 2.24) is 9.13 Å². The zero-order chi connectivity index (χ0) is 17.3. The number of ketones is 1. The van der Waals surface area contributed by atoms with Crippen LogP contribution in [0.15, 0.2) is 23.0 Å². The number of hydrogen-bond acceptors (Lipinski definition) is 3. The maximum absolute atomic E-state index is 12.6. The second-order valence-corrected chi connectivity index (χ2v) is 7.19. The molecule has 24 heavy (non-hydrogen) atoms. The Morgan fingerprint density at radius 1 is 1.25 bits per heavy atom. The fourth-order valence-corrected chi connectivity index (χ4v) is 4.19. The van der Waals surface area contributed by atoms with Crippen LogP contribution in [0.3, 0.4) is 0 Å². The van der Waals surface area contributed by atoms with E-state index in [1.165, 1.54) is 0 Å². The van der Waals surface area contributed by atoms with E-state index >= 15 is 0 Å². The Bertz CT molecular complexity index is 800. The van der Waals surface area contributed by atoms with E-state index < -0.39 is 0 Å². The molecule has 1 aromatic heterocycles. The molecular formula is C18H23BrN2O3. The molecule has 0 radical (unpaired) electrons. The summed E-state index contributed by atoms with van der Waals surface area (Å²) in [5.41, 5.74) is 1.85. The van der Waals surface area contributed by atoms with Gasteiger partial charge in [0.05, 0.1) is 23.5 Å². The fourth-order valence-electron chi connectivity index (χ4n) is 3.73. The number of ether oxygens (including phenoxy) is 1. The van der Waals surface area contributed by atoms with Gasteiger partial charge in [0.1, 0.15) is 11.5 Å². The second kappa shape index (κ2) is 7.13. The van der Waals surface area contributed by atoms with E-state index in [9.17, 15) is 9.59 Å². The molecule has 0 spiro atoms. The highest BCUT2D eigenvalue weighted by atomic mass is 79.9. The first-order valence-corrected chi connectivity index (χ1v) is 9.49. The SMILES string of the molecule is COc1ccc2c(c1)n(C[C@H]1CC[C@H](C(=O)CBr)CC1)c(=O)n2C. The molecule has 0 amide bonds. The lowest BCUT2D eigenvalue weighted by molar-refractivity contribution is -0.121. The van der Waals surface area contributed by atoms with Crippen LogP contribution >= 0.6 is 15.9 Å². The Balaban J connectivity index is 1.82. The van der Waals surface area contributed by atoms with Crippen molar-refractivity contribution in [2.75, 3.05) is 12.4 Å². The first-order valence-electron chi connectivity index (χ1n) is 8.37. The molecule has 1 fully saturated rings. The zero-order valence-corrected chi connectivity index (χ0v) is 15.7. The molecular weight excluding hydrogens is 372 g/mol. The molecule has 0 unspecified atom stereocenters. The van der Waals surface area contributed by atoms with E-state index in [0.717, 1.165) is 42.5 Å². The molecule has 6 heteroatoms. The smallest absolute Gasteiger partial charge is 0.328 e. The molecule has 1 aliphatic carbocycles. The van der Waals surface area contributed by atoms with Gasteiger partial charge in [0.2, 0.25) is 0 Å². The summed E-state index contributed by atoms with van der Waals surface area (Å²) in [5, 5.41) is 0.449. The van der Waals surface area contributed by atoms with Crippen molar-refractivity contribution in [3.8, 4) is 5.75 Å². The molecule has 1 heterocycles. The number of rotatable bonds is 5. The third kappa shape index (κ3) is 3.16. The third-order valence-corrected chi connectivity index (χ3v) is 5.78. The largest absolute Gasteiger partial charge is 0.497 e. The normalized spacial score (nSPS) is 21.1. The van der Waals surface area contributed by atoms with Crippen molar-refractivity contribution in [3.63, 3.8) is 0 Å². The van der Waals surface area contributed by atoms with Crippen molar-refractivity contribution in [1.29, 1.82) is 0 Å². The maximum Gasteiger partial charge on any atom is 0.328 e. The highest BCUT2D eigenvalue weighted by Gasteiger charge is 2.26. The average Bonchev–Trinajstić information content (AvgIpc) is 2.86. The highest BCUT2D eigenvalue weighted by Crippen LogP contribution is 2.31. The standard InChI is InChI=1S/C18H23BrN2O3/c1-20-15-8-7-14(24-2)9-16(15)21(18(20)23)11-12-3-5-13(6-4-12)17(22)10-19/h7-9,12-13H,3-6,10-11H2,1-2H3/t12-,13-. The van der Waals surface area contributed by atoms with Gasteiger partial charge in [-0.15, -0.1) is 0 Å². The number of alkyl halides is 1. The number of halogens is 1. The topological polar surface area (TPSA) is 53.2 Å². The summed E-state index contributed by atoms with van der Waals surface area (Å²) in [5.74, 6) is 1.69. The summed E-state index contributed by atoms with van der Waals surface area (Å²) in [6.45, 7) is 0.707. The van der Waals surface area contributed by atoms with Crippen molar-refractivity contribution in [3.05, 3.63) is 28.7 Å². The van der Waals surface area contributed by atoms with Gasteiger partial charge < -0.3 is 4.74 Å². The van der Waals surface area contributed by atoms with Gasteiger partial charge >= 0.3 is 5.69 Å². The lowest BCUT2D eigenvalue weighted by Crippen LogP contribution is -2.29. The molecule has 130 valence electrons. The van der Waals surface area contributed by atoms with Crippen LogP contribution in [0.25, 0.3) is 11.0 Å². The number of aromatic nitrogens is 2. The quantitative estimate of drug-likeness (QED) is 0.731. The van der Waals surface area contributed by atoms with Crippen molar-refractivity contribution < 1.29 is 9.53 Å². The van der Waals surface area contributed by atoms with Gasteiger partial charge in [-0.05, 0) is 43.7 Å². The summed E-state index contributed by atoms with van der Waals surface area (Å²) in [4.78, 5) is 24.4. The van der Waals surface area contributed by atoms with E-state index in [-0.39, 0.29) is 11.6 Å². The summed E-state index contributed by atoms with van der Waals surface area (Å²) in [6, 6.07) is 5.73. The second-order valence-electron chi connectivity index (χ2n) is 6.62. The van der Waals surface area contributed by atoms with Crippen LogP contribution in [0, 0.1) is 11.8 Å². The average molecular weight is 395 g/mol. The van der Waals surface area contributed by atoms with Gasteiger partial charge in [-0.3, -0.25) is 13.9 Å². The summed E-state index contributed by atoms with van der Waals surface area (Å²) in [6.07, 6.45) is 3.85. The van der Waals surface area contributed by atoms with E-state index in [1.54, 1.807) is 18.7 Å². The van der Waals surface area contributed by atoms with E-state index in [1.807, 2.05) is 22.8 Å². The number of benzene rings is 1. The van der Waals surface area contributed by atoms with Crippen LogP contribution in [0.4, 0.5) is 0 Å². The minimum Gasteiger partial charge on any atom is -0.497 e. The van der Waals surface area contributed by atoms with Gasteiger partial charge in [0.15, 0.2) is 0 Å². The van der Waals surface area contributed by atoms with E-state index in [2.05, 4.69) is 15.9 Å². The predicted molar refractivity (Wildman–Crippen MR) is 98.0 cm³/mol. The molecule has 2 aromatic rings. The Morgan fingerprint density at radius 2 is 1.96 bits per heavy atom. The summed E-state index contributed by atoms with van der Waals surface area (Å²) >= 11 is 3.26. The Labute approximate surface area is 149 Å². The van der Waals surface area contributed by atoms with E-state index in [4.69, 9.17) is 4.74 Å². The number of Topliss-reactive ketones (excluding diaryl/α,β-unsaturated/α-hetero) is 1.